The van der Waals surface area contributed by atoms with E-state index < -0.39 is 5.97 Å². The monoisotopic (exact) mass is 210 g/mol. The van der Waals surface area contributed by atoms with E-state index in [0.717, 1.165) is 12.1 Å². The van der Waals surface area contributed by atoms with Crippen LogP contribution in [0.15, 0.2) is 12.4 Å². The fourth-order valence-corrected chi connectivity index (χ4v) is 1.67. The van der Waals surface area contributed by atoms with Crippen LogP contribution in [-0.2, 0) is 11.3 Å². The van der Waals surface area contributed by atoms with Crippen LogP contribution in [0.25, 0.3) is 0 Å². The van der Waals surface area contributed by atoms with Crippen molar-refractivity contribution < 1.29 is 9.90 Å². The lowest BCUT2D eigenvalue weighted by Gasteiger charge is -2.16. The van der Waals surface area contributed by atoms with Gasteiger partial charge in [-0.2, -0.15) is 5.10 Å². The quantitative estimate of drug-likeness (QED) is 0.809. The summed E-state index contributed by atoms with van der Waals surface area (Å²) in [6.07, 6.45) is 3.89. The molecule has 0 spiro atoms. The molecule has 1 heterocycles. The summed E-state index contributed by atoms with van der Waals surface area (Å²) < 4.78 is 1.83. The molecule has 1 unspecified atom stereocenters. The molecule has 1 atom stereocenters. The lowest BCUT2D eigenvalue weighted by Crippen LogP contribution is -2.11. The third kappa shape index (κ3) is 3.08. The van der Waals surface area contributed by atoms with Gasteiger partial charge in [0.1, 0.15) is 0 Å². The van der Waals surface area contributed by atoms with Gasteiger partial charge in [0, 0.05) is 12.7 Å². The third-order valence-corrected chi connectivity index (χ3v) is 2.60. The maximum absolute atomic E-state index is 10.7. The highest BCUT2D eigenvalue weighted by atomic mass is 16.4. The van der Waals surface area contributed by atoms with Crippen molar-refractivity contribution in [3.8, 4) is 0 Å². The minimum Gasteiger partial charge on any atom is -0.481 e. The Kier molecular flexibility index (Phi) is 3.88. The first kappa shape index (κ1) is 11.8. The Hall–Kier alpha value is -1.32. The van der Waals surface area contributed by atoms with E-state index >= 15 is 0 Å². The molecule has 0 aromatic carbocycles. The van der Waals surface area contributed by atoms with Gasteiger partial charge in [0.15, 0.2) is 0 Å². The van der Waals surface area contributed by atoms with Crippen molar-refractivity contribution in [2.75, 3.05) is 0 Å². The smallest absolute Gasteiger partial charge is 0.303 e. The molecule has 0 aliphatic carbocycles. The summed E-state index contributed by atoms with van der Waals surface area (Å²) in [7, 11) is 0. The lowest BCUT2D eigenvalue weighted by molar-refractivity contribution is -0.137. The summed E-state index contributed by atoms with van der Waals surface area (Å²) in [5, 5.41) is 13.0. The molecule has 1 rings (SSSR count). The minimum atomic E-state index is -0.752. The molecular formula is C11H18N2O2. The van der Waals surface area contributed by atoms with E-state index in [1.807, 2.05) is 31.6 Å². The van der Waals surface area contributed by atoms with E-state index in [-0.39, 0.29) is 12.3 Å². The Balaban J connectivity index is 2.83. The average Bonchev–Trinajstić information content (AvgIpc) is 2.61. The van der Waals surface area contributed by atoms with E-state index in [0.29, 0.717) is 5.92 Å². The molecule has 1 aromatic heterocycles. The highest BCUT2D eigenvalue weighted by Crippen LogP contribution is 2.27. The van der Waals surface area contributed by atoms with Crippen LogP contribution in [-0.4, -0.2) is 20.9 Å². The van der Waals surface area contributed by atoms with Crippen LogP contribution in [0.4, 0.5) is 0 Å². The molecule has 15 heavy (non-hydrogen) atoms. The van der Waals surface area contributed by atoms with Crippen LogP contribution in [0.5, 0.6) is 0 Å². The summed E-state index contributed by atoms with van der Waals surface area (Å²) in [6.45, 7) is 6.91. The van der Waals surface area contributed by atoms with E-state index in [1.165, 1.54) is 0 Å². The number of aryl methyl sites for hydroxylation is 1. The maximum Gasteiger partial charge on any atom is 0.303 e. The van der Waals surface area contributed by atoms with E-state index in [1.54, 1.807) is 6.20 Å². The van der Waals surface area contributed by atoms with Gasteiger partial charge in [-0.15, -0.1) is 0 Å². The molecule has 4 heteroatoms. The number of aliphatic carboxylic acids is 1. The average molecular weight is 210 g/mol. The largest absolute Gasteiger partial charge is 0.481 e. The standard InChI is InChI=1S/C11H18N2O2/c1-4-13-7-9(6-12-13)10(8(2)3)5-11(14)15/h6-8,10H,4-5H2,1-3H3,(H,14,15). The van der Waals surface area contributed by atoms with Gasteiger partial charge in [-0.1, -0.05) is 13.8 Å². The number of rotatable bonds is 5. The van der Waals surface area contributed by atoms with Crippen molar-refractivity contribution in [3.05, 3.63) is 18.0 Å². The van der Waals surface area contributed by atoms with Gasteiger partial charge >= 0.3 is 5.97 Å². The van der Waals surface area contributed by atoms with Crippen molar-refractivity contribution in [3.63, 3.8) is 0 Å². The molecule has 0 radical (unpaired) electrons. The highest BCUT2D eigenvalue weighted by Gasteiger charge is 2.20. The number of nitrogens with zero attached hydrogens (tertiary/aromatic N) is 2. The second kappa shape index (κ2) is 4.96. The number of aromatic nitrogens is 2. The van der Waals surface area contributed by atoms with Gasteiger partial charge in [0.2, 0.25) is 0 Å². The van der Waals surface area contributed by atoms with Gasteiger partial charge in [-0.05, 0) is 24.3 Å². The first-order chi connectivity index (χ1) is 7.04. The third-order valence-electron chi connectivity index (χ3n) is 2.60. The van der Waals surface area contributed by atoms with Crippen molar-refractivity contribution in [2.45, 2.75) is 39.7 Å². The molecular weight excluding hydrogens is 192 g/mol. The molecule has 0 saturated carbocycles. The van der Waals surface area contributed by atoms with Crippen molar-refractivity contribution in [1.82, 2.24) is 9.78 Å². The molecule has 0 saturated heterocycles. The second-order valence-corrected chi connectivity index (χ2v) is 4.08. The Labute approximate surface area is 89.9 Å². The van der Waals surface area contributed by atoms with E-state index in [2.05, 4.69) is 5.10 Å². The zero-order valence-corrected chi connectivity index (χ0v) is 9.47. The first-order valence-electron chi connectivity index (χ1n) is 5.28. The van der Waals surface area contributed by atoms with Gasteiger partial charge in [-0.25, -0.2) is 0 Å². The number of carboxylic acids is 1. The molecule has 1 N–H and O–H groups in total. The van der Waals surface area contributed by atoms with Crippen molar-refractivity contribution >= 4 is 5.97 Å². The van der Waals surface area contributed by atoms with Gasteiger partial charge < -0.3 is 5.11 Å². The summed E-state index contributed by atoms with van der Waals surface area (Å²) in [4.78, 5) is 10.7. The number of carbonyl (C=O) groups is 1. The SMILES string of the molecule is CCn1cc(C(CC(=O)O)C(C)C)cn1. The number of hydrogen-bond acceptors (Lipinski definition) is 2. The molecule has 0 aliphatic rings. The Morgan fingerprint density at radius 2 is 2.27 bits per heavy atom. The summed E-state index contributed by atoms with van der Waals surface area (Å²) in [5.41, 5.74) is 1.02. The van der Waals surface area contributed by atoms with Crippen molar-refractivity contribution in [1.29, 1.82) is 0 Å². The summed E-state index contributed by atoms with van der Waals surface area (Å²) in [5.74, 6) is -0.378. The maximum atomic E-state index is 10.7. The zero-order valence-electron chi connectivity index (χ0n) is 9.47. The molecule has 4 nitrogen and oxygen atoms in total. The lowest BCUT2D eigenvalue weighted by atomic mass is 9.88. The highest BCUT2D eigenvalue weighted by molar-refractivity contribution is 5.68. The number of carboxylic acid groups (broad SMARTS) is 1. The van der Waals surface area contributed by atoms with Gasteiger partial charge in [0.25, 0.3) is 0 Å². The molecule has 0 bridgehead atoms. The topological polar surface area (TPSA) is 55.1 Å². The van der Waals surface area contributed by atoms with Crippen LogP contribution in [0.1, 0.15) is 38.7 Å². The molecule has 0 fully saturated rings. The van der Waals surface area contributed by atoms with Crippen molar-refractivity contribution in [2.24, 2.45) is 5.92 Å². The Morgan fingerprint density at radius 3 is 2.67 bits per heavy atom. The second-order valence-electron chi connectivity index (χ2n) is 4.08. The van der Waals surface area contributed by atoms with Gasteiger partial charge in [-0.3, -0.25) is 9.48 Å². The minimum absolute atomic E-state index is 0.0581. The van der Waals surface area contributed by atoms with Gasteiger partial charge in [0.05, 0.1) is 12.6 Å². The first-order valence-corrected chi connectivity index (χ1v) is 5.28. The molecule has 1 aromatic rings. The van der Waals surface area contributed by atoms with E-state index in [4.69, 9.17) is 5.11 Å². The molecule has 0 aliphatic heterocycles. The Bertz CT molecular complexity index is 331. The van der Waals surface area contributed by atoms with Crippen LogP contribution < -0.4 is 0 Å². The molecule has 84 valence electrons. The predicted octanol–water partition coefficient (Wildman–Crippen LogP) is 2.12. The van der Waals surface area contributed by atoms with Crippen LogP contribution in [0.3, 0.4) is 0 Å². The van der Waals surface area contributed by atoms with E-state index in [9.17, 15) is 4.79 Å². The fourth-order valence-electron chi connectivity index (χ4n) is 1.67. The number of hydrogen-bond donors (Lipinski definition) is 1. The molecule has 0 amide bonds. The van der Waals surface area contributed by atoms with Crippen LogP contribution >= 0.6 is 0 Å². The summed E-state index contributed by atoms with van der Waals surface area (Å²) in [6, 6.07) is 0. The summed E-state index contributed by atoms with van der Waals surface area (Å²) >= 11 is 0. The van der Waals surface area contributed by atoms with Crippen LogP contribution in [0, 0.1) is 5.92 Å². The Morgan fingerprint density at radius 1 is 1.60 bits per heavy atom. The normalized spacial score (nSPS) is 13.1. The fraction of sp³-hybridized carbons (Fsp3) is 0.636. The zero-order chi connectivity index (χ0) is 11.4. The predicted molar refractivity (Wildman–Crippen MR) is 57.7 cm³/mol. The van der Waals surface area contributed by atoms with Crippen LogP contribution in [0.2, 0.25) is 0 Å².